The average molecular weight is 1390 g/mol. The van der Waals surface area contributed by atoms with Crippen LogP contribution in [0.3, 0.4) is 0 Å². The van der Waals surface area contributed by atoms with Gasteiger partial charge in [-0.25, -0.2) is 0 Å². The molecule has 1 rings (SSSR count). The minimum absolute atomic E-state index is 0.0225. The molecule has 1 fully saturated rings. The van der Waals surface area contributed by atoms with E-state index in [0.29, 0.717) is 19.4 Å². The molecule has 1 saturated heterocycles. The molecule has 11 nitrogen and oxygen atoms in total. The average Bonchev–Trinajstić information content (AvgIpc) is 0.823. The lowest BCUT2D eigenvalue weighted by Gasteiger charge is -2.40. The number of carbonyl (C=O) groups excluding carboxylic acids is 2. The van der Waals surface area contributed by atoms with Crippen LogP contribution in [0.15, 0.2) is 36.5 Å². The Morgan fingerprint density at radius 1 is 0.367 bits per heavy atom. The zero-order valence-corrected chi connectivity index (χ0v) is 64.8. The number of nitrogens with one attached hydrogen (secondary N) is 1. The van der Waals surface area contributed by atoms with Gasteiger partial charge < -0.3 is 45.1 Å². The van der Waals surface area contributed by atoms with Gasteiger partial charge in [0.2, 0.25) is 5.91 Å². The van der Waals surface area contributed by atoms with Crippen LogP contribution in [0.5, 0.6) is 0 Å². The van der Waals surface area contributed by atoms with Crippen molar-refractivity contribution < 1.29 is 49.3 Å². The quantitative estimate of drug-likeness (QED) is 0.0195. The fourth-order valence-electron chi connectivity index (χ4n) is 14.0. The first-order valence-electron chi connectivity index (χ1n) is 43.3. The van der Waals surface area contributed by atoms with Crippen LogP contribution in [0.25, 0.3) is 0 Å². The Kier molecular flexibility index (Phi) is 72.8. The second kappa shape index (κ2) is 76.0. The number of ether oxygens (including phenoxy) is 3. The highest BCUT2D eigenvalue weighted by atomic mass is 16.7. The summed E-state index contributed by atoms with van der Waals surface area (Å²) in [5.74, 6) is -0.165. The molecule has 11 heteroatoms. The summed E-state index contributed by atoms with van der Waals surface area (Å²) in [7, 11) is 0. The Hall–Kier alpha value is -2.12. The first-order valence-corrected chi connectivity index (χ1v) is 43.3. The molecule has 1 amide bonds. The molecule has 0 bridgehead atoms. The molecule has 1 aliphatic heterocycles. The number of rotatable bonds is 78. The van der Waals surface area contributed by atoms with Crippen LogP contribution in [0.2, 0.25) is 0 Å². The van der Waals surface area contributed by atoms with Crippen molar-refractivity contribution in [2.45, 2.75) is 487 Å². The summed E-state index contributed by atoms with van der Waals surface area (Å²) in [6, 6.07) is -0.831. The van der Waals surface area contributed by atoms with E-state index in [2.05, 4.69) is 43.5 Å². The summed E-state index contributed by atoms with van der Waals surface area (Å²) < 4.78 is 16.8. The highest BCUT2D eigenvalue weighted by Gasteiger charge is 2.44. The van der Waals surface area contributed by atoms with E-state index in [9.17, 15) is 35.1 Å². The van der Waals surface area contributed by atoms with Crippen LogP contribution in [-0.2, 0) is 23.8 Å². The first kappa shape index (κ1) is 93.9. The lowest BCUT2D eigenvalue weighted by atomic mass is 9.99. The topological polar surface area (TPSA) is 175 Å². The molecule has 0 saturated carbocycles. The van der Waals surface area contributed by atoms with Crippen LogP contribution < -0.4 is 5.32 Å². The van der Waals surface area contributed by atoms with Gasteiger partial charge in [-0.15, -0.1) is 0 Å². The summed E-state index contributed by atoms with van der Waals surface area (Å²) in [6.45, 7) is 4.38. The van der Waals surface area contributed by atoms with Gasteiger partial charge in [0.15, 0.2) is 6.29 Å². The molecule has 578 valence electrons. The zero-order valence-electron chi connectivity index (χ0n) is 64.8. The fraction of sp³-hybridized carbons (Fsp3) is 0.908. The Balaban J connectivity index is 1.87. The minimum atomic E-state index is -1.58. The molecule has 0 spiro atoms. The lowest BCUT2D eigenvalue weighted by molar-refractivity contribution is -0.302. The number of aliphatic hydroxyl groups excluding tert-OH is 5. The first-order chi connectivity index (χ1) is 48.2. The van der Waals surface area contributed by atoms with Crippen LogP contribution in [0.1, 0.15) is 444 Å². The Morgan fingerprint density at radius 2 is 0.663 bits per heavy atom. The molecule has 98 heavy (non-hydrogen) atoms. The third-order valence-corrected chi connectivity index (χ3v) is 20.7. The highest BCUT2D eigenvalue weighted by molar-refractivity contribution is 5.76. The predicted molar refractivity (Wildman–Crippen MR) is 417 cm³/mol. The second-order valence-corrected chi connectivity index (χ2v) is 30.2. The van der Waals surface area contributed by atoms with Crippen LogP contribution in [0, 0.1) is 0 Å². The monoisotopic (exact) mass is 1380 g/mol. The van der Waals surface area contributed by atoms with Crippen molar-refractivity contribution in [3.05, 3.63) is 36.5 Å². The number of amides is 1. The third-order valence-electron chi connectivity index (χ3n) is 20.7. The number of aliphatic hydroxyl groups is 5. The highest BCUT2D eigenvalue weighted by Crippen LogP contribution is 2.24. The van der Waals surface area contributed by atoms with Gasteiger partial charge in [0.25, 0.3) is 0 Å². The van der Waals surface area contributed by atoms with Crippen molar-refractivity contribution >= 4 is 11.9 Å². The van der Waals surface area contributed by atoms with Crippen molar-refractivity contribution in [2.75, 3.05) is 19.8 Å². The van der Waals surface area contributed by atoms with Gasteiger partial charge in [-0.3, -0.25) is 9.59 Å². The summed E-state index contributed by atoms with van der Waals surface area (Å²) in [4.78, 5) is 25.2. The maximum atomic E-state index is 13.1. The van der Waals surface area contributed by atoms with E-state index in [1.165, 1.54) is 353 Å². The van der Waals surface area contributed by atoms with Crippen LogP contribution >= 0.6 is 0 Å². The predicted octanol–water partition coefficient (Wildman–Crippen LogP) is 24.0. The van der Waals surface area contributed by atoms with Gasteiger partial charge in [-0.05, 0) is 57.8 Å². The third kappa shape index (κ3) is 63.6. The van der Waals surface area contributed by atoms with Crippen molar-refractivity contribution in [2.24, 2.45) is 0 Å². The molecule has 7 atom stereocenters. The SMILES string of the molecule is CCCCCCC/C=C/CC/C=C/CC/C=C/C(O)C(COC1OC(CO)C(O)C(O)C1O)NC(=O)CCCCCCCCCCCCCCCCCCCCCCCCCCCCCCCCCCCCCCCCCOC(=O)CCCCCCCCCCCCCCCCCC. The molecule has 7 unspecified atom stereocenters. The van der Waals surface area contributed by atoms with Crippen molar-refractivity contribution in [1.82, 2.24) is 5.32 Å². The van der Waals surface area contributed by atoms with Gasteiger partial charge in [0, 0.05) is 12.8 Å². The van der Waals surface area contributed by atoms with Crippen LogP contribution in [0.4, 0.5) is 0 Å². The summed E-state index contributed by atoms with van der Waals surface area (Å²) >= 11 is 0. The number of esters is 1. The van der Waals surface area contributed by atoms with Crippen LogP contribution in [-0.4, -0.2) is 100 Å². The maximum absolute atomic E-state index is 13.1. The van der Waals surface area contributed by atoms with E-state index < -0.39 is 49.5 Å². The summed E-state index contributed by atoms with van der Waals surface area (Å²) in [6.07, 6.45) is 90.6. The lowest BCUT2D eigenvalue weighted by Crippen LogP contribution is -2.60. The molecule has 1 aliphatic rings. The standard InChI is InChI=1S/C87H165NO10/c1-3-5-7-9-11-13-15-17-19-47-51-55-59-63-67-71-75-83(92)96-76-72-68-64-60-56-52-48-44-42-40-38-36-34-32-30-28-26-24-22-20-21-23-25-27-29-31-33-35-37-39-41-43-46-50-54-58-62-66-70-74-82(91)88-79(78-97-87-86(95)85(94)84(93)81(77-89)98-87)80(90)73-69-65-61-57-53-49-45-18-16-14-12-10-8-6-4-2/h16,18,53,57,69,73,79-81,84-87,89-90,93-95H,3-15,17,19-52,54-56,58-68,70-72,74-78H2,1-2H3,(H,88,91)/b18-16+,57-53+,73-69+. The number of carbonyl (C=O) groups is 2. The molecule has 0 aromatic carbocycles. The second-order valence-electron chi connectivity index (χ2n) is 30.2. The smallest absolute Gasteiger partial charge is 0.305 e. The van der Waals surface area contributed by atoms with E-state index in [0.717, 1.165) is 64.2 Å². The van der Waals surface area contributed by atoms with Gasteiger partial charge in [0.1, 0.15) is 24.4 Å². The molecule has 0 aliphatic carbocycles. The van der Waals surface area contributed by atoms with Crippen molar-refractivity contribution in [3.63, 3.8) is 0 Å². The van der Waals surface area contributed by atoms with E-state index in [1.54, 1.807) is 6.08 Å². The number of unbranched alkanes of at least 4 members (excludes halogenated alkanes) is 60. The van der Waals surface area contributed by atoms with Crippen molar-refractivity contribution in [1.29, 1.82) is 0 Å². The molecule has 0 aromatic heterocycles. The minimum Gasteiger partial charge on any atom is -0.466 e. The molecule has 0 aromatic rings. The number of hydrogen-bond acceptors (Lipinski definition) is 10. The Bertz CT molecular complexity index is 1720. The normalized spacial score (nSPS) is 17.3. The van der Waals surface area contributed by atoms with E-state index in [4.69, 9.17) is 14.2 Å². The van der Waals surface area contributed by atoms with Gasteiger partial charge in [-0.1, -0.05) is 410 Å². The molecule has 6 N–H and O–H groups in total. The van der Waals surface area contributed by atoms with E-state index >= 15 is 0 Å². The fourth-order valence-corrected chi connectivity index (χ4v) is 14.0. The molecule has 1 heterocycles. The van der Waals surface area contributed by atoms with E-state index in [1.807, 2.05) is 6.08 Å². The number of hydrogen-bond donors (Lipinski definition) is 6. The maximum Gasteiger partial charge on any atom is 0.305 e. The van der Waals surface area contributed by atoms with E-state index in [-0.39, 0.29) is 18.5 Å². The largest absolute Gasteiger partial charge is 0.466 e. The Morgan fingerprint density at radius 3 is 1.01 bits per heavy atom. The van der Waals surface area contributed by atoms with Crippen molar-refractivity contribution in [3.8, 4) is 0 Å². The summed E-state index contributed by atoms with van der Waals surface area (Å²) in [5.41, 5.74) is 0. The van der Waals surface area contributed by atoms with Gasteiger partial charge in [-0.2, -0.15) is 0 Å². The molecular formula is C87H165NO10. The summed E-state index contributed by atoms with van der Waals surface area (Å²) in [5, 5.41) is 54.6. The molecule has 0 radical (unpaired) electrons. The zero-order chi connectivity index (χ0) is 70.8. The van der Waals surface area contributed by atoms with Gasteiger partial charge >= 0.3 is 5.97 Å². The van der Waals surface area contributed by atoms with Gasteiger partial charge in [0.05, 0.1) is 32.0 Å². The Labute approximate surface area is 606 Å². The number of allylic oxidation sites excluding steroid dienone is 5. The molecular weight excluding hydrogens is 1220 g/mol.